The minimum Gasteiger partial charge on any atom is -0.475 e. The Labute approximate surface area is 150 Å². The standard InChI is InChI=1S/C18H19N7O/c19-7-16-18(26-10-12-1-3-20-4-2-12)25-14(8-22-16)5-13-6-15-17(9-21-13)24-11-23-15/h6,8-9,11-12,20H,1-5,10H2,(H,23,24). The van der Waals surface area contributed by atoms with Crippen LogP contribution in [0.25, 0.3) is 11.0 Å². The maximum atomic E-state index is 9.26. The molecule has 8 heteroatoms. The maximum absolute atomic E-state index is 9.26. The largest absolute Gasteiger partial charge is 0.475 e. The van der Waals surface area contributed by atoms with E-state index in [4.69, 9.17) is 4.74 Å². The predicted molar refractivity (Wildman–Crippen MR) is 94.5 cm³/mol. The summed E-state index contributed by atoms with van der Waals surface area (Å²) in [5.74, 6) is 0.793. The Morgan fingerprint density at radius 3 is 2.88 bits per heavy atom. The van der Waals surface area contributed by atoms with Gasteiger partial charge in [0.25, 0.3) is 5.88 Å². The predicted octanol–water partition coefficient (Wildman–Crippen LogP) is 1.59. The first kappa shape index (κ1) is 16.4. The van der Waals surface area contributed by atoms with E-state index in [-0.39, 0.29) is 5.69 Å². The molecular weight excluding hydrogens is 330 g/mol. The Morgan fingerprint density at radius 2 is 2.04 bits per heavy atom. The van der Waals surface area contributed by atoms with Crippen molar-refractivity contribution in [2.75, 3.05) is 19.7 Å². The van der Waals surface area contributed by atoms with Crippen LogP contribution in [0, 0.1) is 17.2 Å². The van der Waals surface area contributed by atoms with Crippen LogP contribution >= 0.6 is 0 Å². The van der Waals surface area contributed by atoms with Gasteiger partial charge in [-0.15, -0.1) is 0 Å². The number of nitriles is 1. The lowest BCUT2D eigenvalue weighted by Crippen LogP contribution is -2.30. The fourth-order valence-electron chi connectivity index (χ4n) is 3.07. The number of aromatic amines is 1. The molecule has 0 atom stereocenters. The molecule has 0 aromatic carbocycles. The second kappa shape index (κ2) is 7.45. The number of pyridine rings is 1. The highest BCUT2D eigenvalue weighted by Crippen LogP contribution is 2.19. The highest BCUT2D eigenvalue weighted by Gasteiger charge is 2.16. The van der Waals surface area contributed by atoms with Crippen LogP contribution in [-0.2, 0) is 6.42 Å². The van der Waals surface area contributed by atoms with Crippen molar-refractivity contribution < 1.29 is 4.74 Å². The number of fused-ring (bicyclic) bond motifs is 1. The topological polar surface area (TPSA) is 112 Å². The monoisotopic (exact) mass is 349 g/mol. The number of aromatic nitrogens is 5. The van der Waals surface area contributed by atoms with Crippen LogP contribution in [0.2, 0.25) is 0 Å². The Morgan fingerprint density at radius 1 is 1.15 bits per heavy atom. The van der Waals surface area contributed by atoms with Crippen LogP contribution < -0.4 is 10.1 Å². The summed E-state index contributed by atoms with van der Waals surface area (Å²) in [6.45, 7) is 2.57. The summed E-state index contributed by atoms with van der Waals surface area (Å²) in [7, 11) is 0. The zero-order valence-corrected chi connectivity index (χ0v) is 14.3. The molecule has 132 valence electrons. The van der Waals surface area contributed by atoms with Crippen molar-refractivity contribution in [2.24, 2.45) is 5.92 Å². The van der Waals surface area contributed by atoms with E-state index in [9.17, 15) is 5.26 Å². The molecule has 0 amide bonds. The van der Waals surface area contributed by atoms with E-state index in [1.165, 1.54) is 0 Å². The van der Waals surface area contributed by atoms with Crippen LogP contribution in [0.5, 0.6) is 5.88 Å². The van der Waals surface area contributed by atoms with Gasteiger partial charge in [0.15, 0.2) is 0 Å². The molecular formula is C18H19N7O. The van der Waals surface area contributed by atoms with E-state index in [0.717, 1.165) is 42.7 Å². The molecule has 26 heavy (non-hydrogen) atoms. The molecule has 2 N–H and O–H groups in total. The first-order valence-electron chi connectivity index (χ1n) is 8.69. The summed E-state index contributed by atoms with van der Waals surface area (Å²) in [6.07, 6.45) is 7.65. The van der Waals surface area contributed by atoms with Crippen LogP contribution in [0.15, 0.2) is 24.8 Å². The molecule has 4 rings (SSSR count). The van der Waals surface area contributed by atoms with Crippen LogP contribution in [-0.4, -0.2) is 44.6 Å². The van der Waals surface area contributed by atoms with Crippen LogP contribution in [0.1, 0.15) is 29.9 Å². The summed E-state index contributed by atoms with van der Waals surface area (Å²) < 4.78 is 5.84. The van der Waals surface area contributed by atoms with Crippen molar-refractivity contribution in [1.29, 1.82) is 5.26 Å². The van der Waals surface area contributed by atoms with Gasteiger partial charge < -0.3 is 15.0 Å². The minimum atomic E-state index is 0.221. The molecule has 0 aliphatic carbocycles. The van der Waals surface area contributed by atoms with E-state index < -0.39 is 0 Å². The van der Waals surface area contributed by atoms with Crippen LogP contribution in [0.4, 0.5) is 0 Å². The molecule has 1 aliphatic rings. The van der Waals surface area contributed by atoms with Gasteiger partial charge in [-0.3, -0.25) is 4.98 Å². The molecule has 0 spiro atoms. The molecule has 4 heterocycles. The second-order valence-corrected chi connectivity index (χ2v) is 6.40. The third-order valence-corrected chi connectivity index (χ3v) is 4.54. The molecule has 0 unspecified atom stereocenters. The maximum Gasteiger partial charge on any atom is 0.251 e. The Bertz CT molecular complexity index is 940. The fourth-order valence-corrected chi connectivity index (χ4v) is 3.07. The molecule has 1 fully saturated rings. The van der Waals surface area contributed by atoms with Gasteiger partial charge in [-0.25, -0.2) is 15.0 Å². The Kier molecular flexibility index (Phi) is 4.71. The van der Waals surface area contributed by atoms with Gasteiger partial charge in [0, 0.05) is 12.1 Å². The molecule has 1 aliphatic heterocycles. The van der Waals surface area contributed by atoms with Gasteiger partial charge in [0.05, 0.1) is 42.1 Å². The van der Waals surface area contributed by atoms with E-state index in [1.54, 1.807) is 18.7 Å². The summed E-state index contributed by atoms with van der Waals surface area (Å²) in [5, 5.41) is 12.6. The van der Waals surface area contributed by atoms with Crippen molar-refractivity contribution in [2.45, 2.75) is 19.3 Å². The van der Waals surface area contributed by atoms with E-state index in [0.29, 0.717) is 30.5 Å². The number of H-pyrrole nitrogens is 1. The van der Waals surface area contributed by atoms with Crippen molar-refractivity contribution >= 4 is 11.0 Å². The molecule has 3 aromatic rings. The molecule has 8 nitrogen and oxygen atoms in total. The summed E-state index contributed by atoms with van der Waals surface area (Å²) in [6, 6.07) is 3.97. The number of hydrogen-bond acceptors (Lipinski definition) is 7. The van der Waals surface area contributed by atoms with E-state index in [1.807, 2.05) is 6.07 Å². The van der Waals surface area contributed by atoms with Gasteiger partial charge in [0.1, 0.15) is 6.07 Å². The lowest BCUT2D eigenvalue weighted by Gasteiger charge is -2.22. The highest BCUT2D eigenvalue weighted by atomic mass is 16.5. The highest BCUT2D eigenvalue weighted by molar-refractivity contribution is 5.73. The second-order valence-electron chi connectivity index (χ2n) is 6.40. The summed E-state index contributed by atoms with van der Waals surface area (Å²) in [5.41, 5.74) is 3.53. The molecule has 1 saturated heterocycles. The number of ether oxygens (including phenoxy) is 1. The molecule has 0 radical (unpaired) electrons. The molecule has 0 bridgehead atoms. The first-order valence-corrected chi connectivity index (χ1v) is 8.69. The number of rotatable bonds is 5. The van der Waals surface area contributed by atoms with Gasteiger partial charge in [-0.1, -0.05) is 0 Å². The number of imidazole rings is 1. The normalized spacial score (nSPS) is 15.0. The van der Waals surface area contributed by atoms with Crippen molar-refractivity contribution in [3.63, 3.8) is 0 Å². The van der Waals surface area contributed by atoms with Gasteiger partial charge in [-0.05, 0) is 37.9 Å². The van der Waals surface area contributed by atoms with Gasteiger partial charge in [-0.2, -0.15) is 5.26 Å². The summed E-state index contributed by atoms with van der Waals surface area (Å²) in [4.78, 5) is 20.4. The zero-order chi connectivity index (χ0) is 17.8. The minimum absolute atomic E-state index is 0.221. The number of nitrogens with one attached hydrogen (secondary N) is 2. The number of piperidine rings is 1. The SMILES string of the molecule is N#Cc1ncc(Cc2cc3nc[nH]c3cn2)nc1OCC1CCNCC1. The van der Waals surface area contributed by atoms with Crippen LogP contribution in [0.3, 0.4) is 0 Å². The first-order chi connectivity index (χ1) is 12.8. The molecule has 0 saturated carbocycles. The Hall–Kier alpha value is -3.05. The van der Waals surface area contributed by atoms with Crippen molar-refractivity contribution in [1.82, 2.24) is 30.2 Å². The van der Waals surface area contributed by atoms with E-state index in [2.05, 4.69) is 36.3 Å². The van der Waals surface area contributed by atoms with Gasteiger partial charge in [0.2, 0.25) is 5.69 Å². The van der Waals surface area contributed by atoms with Crippen molar-refractivity contribution in [3.05, 3.63) is 41.9 Å². The number of nitrogens with zero attached hydrogens (tertiary/aromatic N) is 5. The quantitative estimate of drug-likeness (QED) is 0.719. The average Bonchev–Trinajstić information content (AvgIpc) is 3.15. The zero-order valence-electron chi connectivity index (χ0n) is 14.3. The fraction of sp³-hybridized carbons (Fsp3) is 0.389. The molecule has 3 aromatic heterocycles. The van der Waals surface area contributed by atoms with E-state index >= 15 is 0 Å². The smallest absolute Gasteiger partial charge is 0.251 e. The van der Waals surface area contributed by atoms with Gasteiger partial charge >= 0.3 is 0 Å². The number of hydrogen-bond donors (Lipinski definition) is 2. The Balaban J connectivity index is 1.50. The lowest BCUT2D eigenvalue weighted by atomic mass is 9.99. The third kappa shape index (κ3) is 3.63. The summed E-state index contributed by atoms with van der Waals surface area (Å²) >= 11 is 0. The third-order valence-electron chi connectivity index (χ3n) is 4.54. The lowest BCUT2D eigenvalue weighted by molar-refractivity contribution is 0.207. The van der Waals surface area contributed by atoms with Crippen molar-refractivity contribution in [3.8, 4) is 11.9 Å². The average molecular weight is 349 g/mol.